The number of aromatic nitrogens is 1. The van der Waals surface area contributed by atoms with E-state index in [2.05, 4.69) is 4.98 Å². The van der Waals surface area contributed by atoms with Crippen molar-refractivity contribution in [2.75, 3.05) is 7.11 Å². The first-order valence-corrected chi connectivity index (χ1v) is 6.35. The van der Waals surface area contributed by atoms with Crippen molar-refractivity contribution >= 4 is 5.78 Å². The summed E-state index contributed by atoms with van der Waals surface area (Å²) in [6.07, 6.45) is 6.14. The predicted molar refractivity (Wildman–Crippen MR) is 67.9 cm³/mol. The molecule has 1 aliphatic rings. The van der Waals surface area contributed by atoms with Gasteiger partial charge in [0.15, 0.2) is 5.78 Å². The molecular formula is C14H19NO3. The zero-order chi connectivity index (χ0) is 13.0. The van der Waals surface area contributed by atoms with Crippen molar-refractivity contribution in [3.05, 3.63) is 23.9 Å². The highest BCUT2D eigenvalue weighted by molar-refractivity contribution is 5.94. The Kier molecular flexibility index (Phi) is 4.31. The van der Waals surface area contributed by atoms with E-state index in [4.69, 9.17) is 9.47 Å². The third-order valence-corrected chi connectivity index (χ3v) is 3.34. The zero-order valence-electron chi connectivity index (χ0n) is 10.9. The SMILES string of the molecule is COC1CCCC(Oc2cc(C(C)=O)ccn2)C1. The van der Waals surface area contributed by atoms with Gasteiger partial charge in [0.25, 0.3) is 0 Å². The van der Waals surface area contributed by atoms with Crippen LogP contribution in [0, 0.1) is 0 Å². The van der Waals surface area contributed by atoms with Crippen LogP contribution in [-0.4, -0.2) is 30.1 Å². The molecule has 1 saturated carbocycles. The maximum absolute atomic E-state index is 11.3. The molecule has 98 valence electrons. The van der Waals surface area contributed by atoms with Gasteiger partial charge in [-0.05, 0) is 32.3 Å². The number of hydrogen-bond acceptors (Lipinski definition) is 4. The normalized spacial score (nSPS) is 23.7. The minimum absolute atomic E-state index is 0.0284. The van der Waals surface area contributed by atoms with Crippen LogP contribution in [0.1, 0.15) is 43.0 Å². The molecule has 0 radical (unpaired) electrons. The summed E-state index contributed by atoms with van der Waals surface area (Å²) in [4.78, 5) is 15.4. The van der Waals surface area contributed by atoms with Crippen molar-refractivity contribution < 1.29 is 14.3 Å². The Labute approximate surface area is 107 Å². The number of carbonyl (C=O) groups excluding carboxylic acids is 1. The van der Waals surface area contributed by atoms with Crippen molar-refractivity contribution in [1.29, 1.82) is 0 Å². The quantitative estimate of drug-likeness (QED) is 0.770. The van der Waals surface area contributed by atoms with Crippen molar-refractivity contribution in [1.82, 2.24) is 4.98 Å². The van der Waals surface area contributed by atoms with E-state index in [9.17, 15) is 4.79 Å². The standard InChI is InChI=1S/C14H19NO3/c1-10(16)11-6-7-15-14(8-11)18-13-5-3-4-12(9-13)17-2/h6-8,12-13H,3-5,9H2,1-2H3. The van der Waals surface area contributed by atoms with Crippen molar-refractivity contribution in [2.45, 2.75) is 44.8 Å². The Morgan fingerprint density at radius 3 is 2.89 bits per heavy atom. The number of nitrogens with zero attached hydrogens (tertiary/aromatic N) is 1. The van der Waals surface area contributed by atoms with Gasteiger partial charge in [-0.1, -0.05) is 0 Å². The summed E-state index contributed by atoms with van der Waals surface area (Å²) in [6.45, 7) is 1.54. The van der Waals surface area contributed by atoms with E-state index < -0.39 is 0 Å². The molecule has 0 N–H and O–H groups in total. The first kappa shape index (κ1) is 13.0. The molecule has 1 aromatic rings. The van der Waals surface area contributed by atoms with Crippen molar-refractivity contribution in [2.24, 2.45) is 0 Å². The average molecular weight is 249 g/mol. The predicted octanol–water partition coefficient (Wildman–Crippen LogP) is 2.62. The van der Waals surface area contributed by atoms with E-state index in [1.54, 1.807) is 32.4 Å². The molecule has 1 fully saturated rings. The maximum atomic E-state index is 11.3. The lowest BCUT2D eigenvalue weighted by atomic mass is 9.95. The highest BCUT2D eigenvalue weighted by atomic mass is 16.5. The van der Waals surface area contributed by atoms with Gasteiger partial charge in [0.1, 0.15) is 6.10 Å². The van der Waals surface area contributed by atoms with Gasteiger partial charge in [-0.2, -0.15) is 0 Å². The van der Waals surface area contributed by atoms with E-state index >= 15 is 0 Å². The molecule has 4 heteroatoms. The van der Waals surface area contributed by atoms with Gasteiger partial charge in [-0.3, -0.25) is 4.79 Å². The van der Waals surface area contributed by atoms with Crippen LogP contribution in [0.2, 0.25) is 0 Å². The number of hydrogen-bond donors (Lipinski definition) is 0. The van der Waals surface area contributed by atoms with Crippen molar-refractivity contribution in [3.63, 3.8) is 0 Å². The molecule has 0 aromatic carbocycles. The van der Waals surface area contributed by atoms with E-state index in [1.807, 2.05) is 0 Å². The van der Waals surface area contributed by atoms with Crippen LogP contribution in [0.4, 0.5) is 0 Å². The summed E-state index contributed by atoms with van der Waals surface area (Å²) in [5.41, 5.74) is 0.638. The molecule has 1 aromatic heterocycles. The number of ether oxygens (including phenoxy) is 2. The number of Topliss-reactive ketones (excluding diaryl/α,β-unsaturated/α-hetero) is 1. The fraction of sp³-hybridized carbons (Fsp3) is 0.571. The van der Waals surface area contributed by atoms with Crippen LogP contribution >= 0.6 is 0 Å². The van der Waals surface area contributed by atoms with Crippen LogP contribution < -0.4 is 4.74 Å². The van der Waals surface area contributed by atoms with Gasteiger partial charge in [-0.15, -0.1) is 0 Å². The second-order valence-corrected chi connectivity index (χ2v) is 4.70. The molecule has 4 nitrogen and oxygen atoms in total. The Hall–Kier alpha value is -1.42. The van der Waals surface area contributed by atoms with Gasteiger partial charge < -0.3 is 9.47 Å². The number of rotatable bonds is 4. The third kappa shape index (κ3) is 3.29. The Morgan fingerprint density at radius 1 is 1.39 bits per heavy atom. The Morgan fingerprint density at radius 2 is 2.17 bits per heavy atom. The number of ketones is 1. The molecule has 0 amide bonds. The fourth-order valence-electron chi connectivity index (χ4n) is 2.29. The highest BCUT2D eigenvalue weighted by Crippen LogP contribution is 2.24. The van der Waals surface area contributed by atoms with E-state index in [0.717, 1.165) is 25.7 Å². The van der Waals surface area contributed by atoms with E-state index in [1.165, 1.54) is 0 Å². The topological polar surface area (TPSA) is 48.4 Å². The van der Waals surface area contributed by atoms with Crippen molar-refractivity contribution in [3.8, 4) is 5.88 Å². The lowest BCUT2D eigenvalue weighted by Crippen LogP contribution is -2.29. The molecule has 2 unspecified atom stereocenters. The van der Waals surface area contributed by atoms with Crippen LogP contribution in [0.3, 0.4) is 0 Å². The summed E-state index contributed by atoms with van der Waals surface area (Å²) in [5, 5.41) is 0. The summed E-state index contributed by atoms with van der Waals surface area (Å²) in [7, 11) is 1.74. The van der Waals surface area contributed by atoms with Crippen LogP contribution in [0.25, 0.3) is 0 Å². The monoisotopic (exact) mass is 249 g/mol. The third-order valence-electron chi connectivity index (χ3n) is 3.34. The average Bonchev–Trinajstić information content (AvgIpc) is 2.39. The molecule has 1 heterocycles. The first-order valence-electron chi connectivity index (χ1n) is 6.35. The summed E-state index contributed by atoms with van der Waals surface area (Å²) in [6, 6.07) is 3.41. The Balaban J connectivity index is 2.00. The Bertz CT molecular complexity index is 419. The van der Waals surface area contributed by atoms with Gasteiger partial charge in [0.05, 0.1) is 6.10 Å². The van der Waals surface area contributed by atoms with Crippen LogP contribution in [0.5, 0.6) is 5.88 Å². The zero-order valence-corrected chi connectivity index (χ0v) is 10.9. The second kappa shape index (κ2) is 5.96. The molecular weight excluding hydrogens is 230 g/mol. The minimum atomic E-state index is 0.0284. The molecule has 0 saturated heterocycles. The van der Waals surface area contributed by atoms with Gasteiger partial charge >= 0.3 is 0 Å². The van der Waals surface area contributed by atoms with Crippen LogP contribution in [0.15, 0.2) is 18.3 Å². The number of methoxy groups -OCH3 is 1. The lowest BCUT2D eigenvalue weighted by Gasteiger charge is -2.28. The highest BCUT2D eigenvalue weighted by Gasteiger charge is 2.23. The maximum Gasteiger partial charge on any atom is 0.214 e. The van der Waals surface area contributed by atoms with Gasteiger partial charge in [0, 0.05) is 31.4 Å². The first-order chi connectivity index (χ1) is 8.69. The second-order valence-electron chi connectivity index (χ2n) is 4.70. The molecule has 0 bridgehead atoms. The van der Waals surface area contributed by atoms with E-state index in [-0.39, 0.29) is 18.0 Å². The summed E-state index contributed by atoms with van der Waals surface area (Å²) >= 11 is 0. The molecule has 18 heavy (non-hydrogen) atoms. The molecule has 1 aliphatic carbocycles. The summed E-state index contributed by atoms with van der Waals surface area (Å²) < 4.78 is 11.2. The van der Waals surface area contributed by atoms with Gasteiger partial charge in [-0.25, -0.2) is 4.98 Å². The van der Waals surface area contributed by atoms with E-state index in [0.29, 0.717) is 11.4 Å². The summed E-state index contributed by atoms with van der Waals surface area (Å²) in [5.74, 6) is 0.560. The molecule has 0 spiro atoms. The minimum Gasteiger partial charge on any atom is -0.474 e. The molecule has 0 aliphatic heterocycles. The smallest absolute Gasteiger partial charge is 0.214 e. The number of pyridine rings is 1. The largest absolute Gasteiger partial charge is 0.474 e. The van der Waals surface area contributed by atoms with Gasteiger partial charge in [0.2, 0.25) is 5.88 Å². The molecule has 2 rings (SSSR count). The van der Waals surface area contributed by atoms with Crippen LogP contribution in [-0.2, 0) is 4.74 Å². The lowest BCUT2D eigenvalue weighted by molar-refractivity contribution is 0.0195. The number of carbonyl (C=O) groups is 1. The molecule has 2 atom stereocenters. The fourth-order valence-corrected chi connectivity index (χ4v) is 2.29.